The van der Waals surface area contributed by atoms with Crippen molar-refractivity contribution in [3.63, 3.8) is 0 Å². The van der Waals surface area contributed by atoms with Gasteiger partial charge in [-0.3, -0.25) is 11.3 Å². The van der Waals surface area contributed by atoms with Crippen LogP contribution >= 0.6 is 0 Å². The van der Waals surface area contributed by atoms with Gasteiger partial charge in [-0.2, -0.15) is 0 Å². The molecule has 0 heterocycles. The summed E-state index contributed by atoms with van der Waals surface area (Å²) in [5.74, 6) is 4.95. The fourth-order valence-electron chi connectivity index (χ4n) is 0.872. The summed E-state index contributed by atoms with van der Waals surface area (Å²) >= 11 is 0. The Morgan fingerprint density at radius 1 is 1.55 bits per heavy atom. The summed E-state index contributed by atoms with van der Waals surface area (Å²) in [5, 5.41) is 0. The van der Waals surface area contributed by atoms with E-state index >= 15 is 0 Å². The third-order valence-corrected chi connectivity index (χ3v) is 1.60. The molecule has 0 unspecified atom stereocenters. The molecule has 60 valence electrons. The first-order valence-electron chi connectivity index (χ1n) is 3.45. The van der Waals surface area contributed by atoms with Gasteiger partial charge in [0.15, 0.2) is 0 Å². The zero-order valence-corrected chi connectivity index (χ0v) is 6.34. The molecule has 3 heteroatoms. The van der Waals surface area contributed by atoms with Crippen LogP contribution in [0.25, 0.3) is 0 Å². The Labute approximate surface area is 65.2 Å². The van der Waals surface area contributed by atoms with Crippen LogP contribution in [0.5, 0.6) is 0 Å². The second-order valence-corrected chi connectivity index (χ2v) is 2.44. The lowest BCUT2D eigenvalue weighted by molar-refractivity contribution is 0.585. The highest BCUT2D eigenvalue weighted by atomic mass is 19.1. The summed E-state index contributed by atoms with van der Waals surface area (Å²) in [6, 6.07) is 6.36. The molecule has 0 aliphatic heterocycles. The minimum Gasteiger partial charge on any atom is -0.271 e. The first-order chi connectivity index (χ1) is 5.24. The lowest BCUT2D eigenvalue weighted by Gasteiger charge is -2.09. The van der Waals surface area contributed by atoms with Crippen LogP contribution in [0.15, 0.2) is 24.3 Å². The monoisotopic (exact) mass is 154 g/mol. The summed E-state index contributed by atoms with van der Waals surface area (Å²) in [5.41, 5.74) is 3.40. The Morgan fingerprint density at radius 3 is 2.82 bits per heavy atom. The molecule has 0 aromatic heterocycles. The van der Waals surface area contributed by atoms with E-state index in [0.29, 0.717) is 0 Å². The quantitative estimate of drug-likeness (QED) is 0.498. The molecule has 0 saturated carbocycles. The van der Waals surface area contributed by atoms with Gasteiger partial charge < -0.3 is 0 Å². The zero-order valence-electron chi connectivity index (χ0n) is 6.34. The average Bonchev–Trinajstić information content (AvgIpc) is 2.03. The zero-order chi connectivity index (χ0) is 8.27. The summed E-state index contributed by atoms with van der Waals surface area (Å²) in [7, 11) is 0. The molecule has 1 aromatic carbocycles. The van der Waals surface area contributed by atoms with Crippen LogP contribution in [0.3, 0.4) is 0 Å². The van der Waals surface area contributed by atoms with E-state index in [9.17, 15) is 4.39 Å². The molecule has 1 rings (SSSR count). The average molecular weight is 154 g/mol. The van der Waals surface area contributed by atoms with E-state index in [-0.39, 0.29) is 11.9 Å². The smallest absolute Gasteiger partial charge is 0.123 e. The van der Waals surface area contributed by atoms with Crippen LogP contribution in [0.4, 0.5) is 4.39 Å². The highest BCUT2D eigenvalue weighted by Crippen LogP contribution is 2.11. The van der Waals surface area contributed by atoms with Crippen molar-refractivity contribution >= 4 is 0 Å². The van der Waals surface area contributed by atoms with Gasteiger partial charge in [-0.05, 0) is 24.6 Å². The lowest BCUT2D eigenvalue weighted by atomic mass is 10.1. The van der Waals surface area contributed by atoms with Crippen LogP contribution < -0.4 is 11.3 Å². The highest BCUT2D eigenvalue weighted by Gasteiger charge is 2.01. The maximum Gasteiger partial charge on any atom is 0.123 e. The van der Waals surface area contributed by atoms with Gasteiger partial charge in [0.1, 0.15) is 5.82 Å². The Kier molecular flexibility index (Phi) is 2.57. The molecule has 1 aromatic rings. The van der Waals surface area contributed by atoms with Gasteiger partial charge in [-0.15, -0.1) is 0 Å². The molecule has 11 heavy (non-hydrogen) atoms. The van der Waals surface area contributed by atoms with Crippen molar-refractivity contribution in [3.05, 3.63) is 35.6 Å². The van der Waals surface area contributed by atoms with Crippen LogP contribution in [-0.2, 0) is 0 Å². The molecule has 2 nitrogen and oxygen atoms in total. The normalized spacial score (nSPS) is 13.0. The standard InChI is InChI=1S/C8H11FN2/c1-6(11-10)7-3-2-4-8(9)5-7/h2-6,11H,10H2,1H3/t6-/m1/s1. The second kappa shape index (κ2) is 3.46. The molecule has 0 saturated heterocycles. The molecule has 0 fully saturated rings. The molecule has 0 radical (unpaired) electrons. The fourth-order valence-corrected chi connectivity index (χ4v) is 0.872. The number of hydrogen-bond donors (Lipinski definition) is 2. The highest BCUT2D eigenvalue weighted by molar-refractivity contribution is 5.19. The van der Waals surface area contributed by atoms with Crippen LogP contribution in [0, 0.1) is 5.82 Å². The maximum absolute atomic E-state index is 12.6. The Hall–Kier alpha value is -0.930. The summed E-state index contributed by atoms with van der Waals surface area (Å²) in [4.78, 5) is 0. The number of nitrogens with one attached hydrogen (secondary N) is 1. The van der Waals surface area contributed by atoms with Crippen LogP contribution in [-0.4, -0.2) is 0 Å². The molecule has 0 amide bonds. The maximum atomic E-state index is 12.6. The van der Waals surface area contributed by atoms with E-state index in [4.69, 9.17) is 5.84 Å². The Bertz CT molecular complexity index is 237. The molecule has 0 bridgehead atoms. The van der Waals surface area contributed by atoms with E-state index in [2.05, 4.69) is 5.43 Å². The molecule has 0 spiro atoms. The van der Waals surface area contributed by atoms with Crippen molar-refractivity contribution in [1.82, 2.24) is 5.43 Å². The van der Waals surface area contributed by atoms with Crippen molar-refractivity contribution in [1.29, 1.82) is 0 Å². The van der Waals surface area contributed by atoms with Gasteiger partial charge in [0, 0.05) is 6.04 Å². The van der Waals surface area contributed by atoms with Crippen molar-refractivity contribution in [2.45, 2.75) is 13.0 Å². The third kappa shape index (κ3) is 2.00. The number of rotatable bonds is 2. The van der Waals surface area contributed by atoms with E-state index in [1.807, 2.05) is 13.0 Å². The summed E-state index contributed by atoms with van der Waals surface area (Å²) in [6.07, 6.45) is 0. The fraction of sp³-hybridized carbons (Fsp3) is 0.250. The van der Waals surface area contributed by atoms with Crippen molar-refractivity contribution in [3.8, 4) is 0 Å². The van der Waals surface area contributed by atoms with Gasteiger partial charge >= 0.3 is 0 Å². The van der Waals surface area contributed by atoms with Crippen LogP contribution in [0.2, 0.25) is 0 Å². The molecule has 0 aliphatic rings. The van der Waals surface area contributed by atoms with E-state index < -0.39 is 0 Å². The molecule has 3 N–H and O–H groups in total. The Balaban J connectivity index is 2.86. The Morgan fingerprint density at radius 2 is 2.27 bits per heavy atom. The van der Waals surface area contributed by atoms with E-state index in [1.165, 1.54) is 12.1 Å². The number of hydrogen-bond acceptors (Lipinski definition) is 2. The van der Waals surface area contributed by atoms with Gasteiger partial charge in [0.25, 0.3) is 0 Å². The molecule has 1 atom stereocenters. The molecular weight excluding hydrogens is 143 g/mol. The van der Waals surface area contributed by atoms with Crippen molar-refractivity contribution < 1.29 is 4.39 Å². The van der Waals surface area contributed by atoms with Gasteiger partial charge in [-0.1, -0.05) is 12.1 Å². The largest absolute Gasteiger partial charge is 0.271 e. The number of halogens is 1. The van der Waals surface area contributed by atoms with Crippen molar-refractivity contribution in [2.24, 2.45) is 5.84 Å². The molecule has 0 aliphatic carbocycles. The number of hydrazine groups is 1. The summed E-state index contributed by atoms with van der Waals surface area (Å²) in [6.45, 7) is 1.87. The third-order valence-electron chi connectivity index (χ3n) is 1.60. The minimum atomic E-state index is -0.232. The predicted molar refractivity (Wildman–Crippen MR) is 42.1 cm³/mol. The van der Waals surface area contributed by atoms with E-state index in [1.54, 1.807) is 6.07 Å². The van der Waals surface area contributed by atoms with Gasteiger partial charge in [-0.25, -0.2) is 4.39 Å². The van der Waals surface area contributed by atoms with E-state index in [0.717, 1.165) is 5.56 Å². The van der Waals surface area contributed by atoms with Gasteiger partial charge in [0.2, 0.25) is 0 Å². The predicted octanol–water partition coefficient (Wildman–Crippen LogP) is 1.35. The number of benzene rings is 1. The topological polar surface area (TPSA) is 38.0 Å². The summed E-state index contributed by atoms with van der Waals surface area (Å²) < 4.78 is 12.6. The first-order valence-corrected chi connectivity index (χ1v) is 3.45. The minimum absolute atomic E-state index is 0.00861. The van der Waals surface area contributed by atoms with Crippen LogP contribution in [0.1, 0.15) is 18.5 Å². The van der Waals surface area contributed by atoms with Crippen molar-refractivity contribution in [2.75, 3.05) is 0 Å². The van der Waals surface area contributed by atoms with Gasteiger partial charge in [0.05, 0.1) is 0 Å². The lowest BCUT2D eigenvalue weighted by Crippen LogP contribution is -2.25. The second-order valence-electron chi connectivity index (χ2n) is 2.44. The SMILES string of the molecule is C[C@@H](NN)c1cccc(F)c1. The number of nitrogens with two attached hydrogens (primary N) is 1. The molecular formula is C8H11FN2. The first kappa shape index (κ1) is 8.17.